The molecule has 1 heterocycles. The summed E-state index contributed by atoms with van der Waals surface area (Å²) in [5.74, 6) is -0.974. The summed E-state index contributed by atoms with van der Waals surface area (Å²) >= 11 is 0. The summed E-state index contributed by atoms with van der Waals surface area (Å²) in [4.78, 5) is 14.8. The van der Waals surface area contributed by atoms with Crippen LogP contribution in [0.15, 0.2) is 18.5 Å². The highest BCUT2D eigenvalue weighted by Crippen LogP contribution is 2.03. The molecule has 0 fully saturated rings. The van der Waals surface area contributed by atoms with Crippen molar-refractivity contribution in [3.63, 3.8) is 0 Å². The van der Waals surface area contributed by atoms with Crippen LogP contribution in [0.1, 0.15) is 23.7 Å². The molecule has 1 aromatic heterocycles. The Morgan fingerprint density at radius 1 is 1.69 bits per heavy atom. The molecular formula is C9H11FN2O. The van der Waals surface area contributed by atoms with Gasteiger partial charge in [0.15, 0.2) is 5.82 Å². The van der Waals surface area contributed by atoms with Gasteiger partial charge >= 0.3 is 0 Å². The molecule has 4 heteroatoms. The average Bonchev–Trinajstić information content (AvgIpc) is 2.15. The smallest absolute Gasteiger partial charge is 0.254 e. The first kappa shape index (κ1) is 9.64. The van der Waals surface area contributed by atoms with Gasteiger partial charge in [0.05, 0.1) is 11.8 Å². The average molecular weight is 182 g/mol. The molecule has 0 saturated heterocycles. The van der Waals surface area contributed by atoms with Gasteiger partial charge in [-0.25, -0.2) is 4.39 Å². The van der Waals surface area contributed by atoms with Gasteiger partial charge in [0, 0.05) is 12.7 Å². The lowest BCUT2D eigenvalue weighted by Crippen LogP contribution is -2.24. The van der Waals surface area contributed by atoms with E-state index in [0.717, 1.165) is 12.6 Å². The Morgan fingerprint density at radius 3 is 3.08 bits per heavy atom. The first-order valence-electron chi connectivity index (χ1n) is 4.13. The minimum Gasteiger partial charge on any atom is -0.352 e. The second-order valence-electron chi connectivity index (χ2n) is 2.61. The van der Waals surface area contributed by atoms with Gasteiger partial charge in [-0.3, -0.25) is 9.78 Å². The van der Waals surface area contributed by atoms with Crippen LogP contribution < -0.4 is 5.32 Å². The molecule has 0 aliphatic rings. The minimum atomic E-state index is -0.587. The van der Waals surface area contributed by atoms with E-state index in [1.54, 1.807) is 0 Å². The SMILES string of the molecule is CCCNC(=O)c1ccncc1F. The van der Waals surface area contributed by atoms with Crippen LogP contribution in [0.3, 0.4) is 0 Å². The molecule has 0 aromatic carbocycles. The lowest BCUT2D eigenvalue weighted by Gasteiger charge is -2.03. The Morgan fingerprint density at radius 2 is 2.46 bits per heavy atom. The van der Waals surface area contributed by atoms with Crippen molar-refractivity contribution in [1.82, 2.24) is 10.3 Å². The Balaban J connectivity index is 2.71. The van der Waals surface area contributed by atoms with Crippen molar-refractivity contribution in [2.24, 2.45) is 0 Å². The lowest BCUT2D eigenvalue weighted by molar-refractivity contribution is 0.0949. The molecule has 1 rings (SSSR count). The van der Waals surface area contributed by atoms with Crippen LogP contribution in [0.25, 0.3) is 0 Å². The highest BCUT2D eigenvalue weighted by molar-refractivity contribution is 5.94. The predicted molar refractivity (Wildman–Crippen MR) is 46.8 cm³/mol. The summed E-state index contributed by atoms with van der Waals surface area (Å²) in [6, 6.07) is 1.36. The quantitative estimate of drug-likeness (QED) is 0.766. The molecule has 0 saturated carbocycles. The molecule has 1 amide bonds. The highest BCUT2D eigenvalue weighted by atomic mass is 19.1. The van der Waals surface area contributed by atoms with Gasteiger partial charge in [0.25, 0.3) is 5.91 Å². The van der Waals surface area contributed by atoms with Gasteiger partial charge in [-0.2, -0.15) is 0 Å². The zero-order valence-electron chi connectivity index (χ0n) is 7.38. The molecule has 13 heavy (non-hydrogen) atoms. The molecule has 0 bridgehead atoms. The van der Waals surface area contributed by atoms with Crippen LogP contribution in [-0.2, 0) is 0 Å². The molecule has 1 aromatic rings. The van der Waals surface area contributed by atoms with E-state index in [4.69, 9.17) is 0 Å². The zero-order chi connectivity index (χ0) is 9.68. The number of carbonyl (C=O) groups excluding carboxylic acids is 1. The van der Waals surface area contributed by atoms with Crippen molar-refractivity contribution < 1.29 is 9.18 Å². The number of hydrogen-bond donors (Lipinski definition) is 1. The van der Waals surface area contributed by atoms with Crippen molar-refractivity contribution in [1.29, 1.82) is 0 Å². The molecule has 0 aliphatic heterocycles. The van der Waals surface area contributed by atoms with Gasteiger partial charge in [-0.15, -0.1) is 0 Å². The van der Waals surface area contributed by atoms with Crippen LogP contribution in [-0.4, -0.2) is 17.4 Å². The highest BCUT2D eigenvalue weighted by Gasteiger charge is 2.09. The third kappa shape index (κ3) is 2.50. The molecule has 0 atom stereocenters. The molecule has 0 unspecified atom stereocenters. The van der Waals surface area contributed by atoms with E-state index in [1.165, 1.54) is 12.3 Å². The fourth-order valence-corrected chi connectivity index (χ4v) is 0.893. The number of aromatic nitrogens is 1. The van der Waals surface area contributed by atoms with Gasteiger partial charge < -0.3 is 5.32 Å². The topological polar surface area (TPSA) is 42.0 Å². The van der Waals surface area contributed by atoms with E-state index in [0.29, 0.717) is 6.54 Å². The monoisotopic (exact) mass is 182 g/mol. The third-order valence-corrected chi connectivity index (χ3v) is 1.55. The van der Waals surface area contributed by atoms with Crippen molar-refractivity contribution in [2.45, 2.75) is 13.3 Å². The number of amides is 1. The summed E-state index contributed by atoms with van der Waals surface area (Å²) in [5, 5.41) is 2.58. The fraction of sp³-hybridized carbons (Fsp3) is 0.333. The van der Waals surface area contributed by atoms with Crippen LogP contribution in [0.2, 0.25) is 0 Å². The Kier molecular flexibility index (Phi) is 3.37. The maximum absolute atomic E-state index is 12.9. The maximum atomic E-state index is 12.9. The minimum absolute atomic E-state index is 0.0449. The second kappa shape index (κ2) is 4.54. The van der Waals surface area contributed by atoms with E-state index in [2.05, 4.69) is 10.3 Å². The molecule has 3 nitrogen and oxygen atoms in total. The summed E-state index contributed by atoms with van der Waals surface area (Å²) in [6.45, 7) is 2.49. The van der Waals surface area contributed by atoms with Crippen molar-refractivity contribution in [3.8, 4) is 0 Å². The van der Waals surface area contributed by atoms with Gasteiger partial charge in [0.2, 0.25) is 0 Å². The molecule has 70 valence electrons. The van der Waals surface area contributed by atoms with Crippen molar-refractivity contribution >= 4 is 5.91 Å². The first-order valence-corrected chi connectivity index (χ1v) is 4.13. The lowest BCUT2D eigenvalue weighted by atomic mass is 10.2. The van der Waals surface area contributed by atoms with Crippen LogP contribution in [0, 0.1) is 5.82 Å². The van der Waals surface area contributed by atoms with Crippen LogP contribution in [0.4, 0.5) is 4.39 Å². The van der Waals surface area contributed by atoms with Gasteiger partial charge in [0.1, 0.15) is 0 Å². The number of pyridine rings is 1. The summed E-state index contributed by atoms with van der Waals surface area (Å²) < 4.78 is 12.9. The van der Waals surface area contributed by atoms with Crippen molar-refractivity contribution in [2.75, 3.05) is 6.54 Å². The Bertz CT molecular complexity index is 301. The van der Waals surface area contributed by atoms with Gasteiger partial charge in [-0.1, -0.05) is 6.92 Å². The fourth-order valence-electron chi connectivity index (χ4n) is 0.893. The van der Waals surface area contributed by atoms with E-state index in [1.807, 2.05) is 6.92 Å². The number of nitrogens with zero attached hydrogens (tertiary/aromatic N) is 1. The number of carbonyl (C=O) groups is 1. The molecule has 1 N–H and O–H groups in total. The molecule has 0 radical (unpaired) electrons. The van der Waals surface area contributed by atoms with Crippen LogP contribution >= 0.6 is 0 Å². The normalized spacial score (nSPS) is 9.69. The molecular weight excluding hydrogens is 171 g/mol. The number of nitrogens with one attached hydrogen (secondary N) is 1. The summed E-state index contributed by atoms with van der Waals surface area (Å²) in [6.07, 6.45) is 3.25. The largest absolute Gasteiger partial charge is 0.352 e. The second-order valence-corrected chi connectivity index (χ2v) is 2.61. The molecule has 0 aliphatic carbocycles. The number of halogens is 1. The standard InChI is InChI=1S/C9H11FN2O/c1-2-4-12-9(13)7-3-5-11-6-8(7)10/h3,5-6H,2,4H2,1H3,(H,12,13). The predicted octanol–water partition coefficient (Wildman–Crippen LogP) is 1.36. The molecule has 0 spiro atoms. The maximum Gasteiger partial charge on any atom is 0.254 e. The van der Waals surface area contributed by atoms with Gasteiger partial charge in [-0.05, 0) is 12.5 Å². The first-order chi connectivity index (χ1) is 6.25. The zero-order valence-corrected chi connectivity index (χ0v) is 7.38. The summed E-state index contributed by atoms with van der Waals surface area (Å²) in [7, 11) is 0. The van der Waals surface area contributed by atoms with E-state index >= 15 is 0 Å². The number of rotatable bonds is 3. The van der Waals surface area contributed by atoms with E-state index in [9.17, 15) is 9.18 Å². The summed E-state index contributed by atoms with van der Waals surface area (Å²) in [5.41, 5.74) is 0.0449. The van der Waals surface area contributed by atoms with Crippen LogP contribution in [0.5, 0.6) is 0 Å². The number of hydrogen-bond acceptors (Lipinski definition) is 2. The van der Waals surface area contributed by atoms with Crippen molar-refractivity contribution in [3.05, 3.63) is 29.8 Å². The third-order valence-electron chi connectivity index (χ3n) is 1.55. The van der Waals surface area contributed by atoms with E-state index in [-0.39, 0.29) is 11.5 Å². The van der Waals surface area contributed by atoms with E-state index < -0.39 is 5.82 Å². The Labute approximate surface area is 76.0 Å². The Hall–Kier alpha value is -1.45.